The van der Waals surface area contributed by atoms with E-state index in [1.165, 1.54) is 77.4 Å². The SMILES string of the molecule is CC1(C)CC2C3C4CCC(C4)C3C1C2(C)C.CC1(C)CC2CC1C1C3CCC(C3)C21.CC1(C)CC2CC1C1C3CCC(C3)C21.CC1(C)CC2CC1C1C3CCC(C3)C21. The summed E-state index contributed by atoms with van der Waals surface area (Å²) >= 11 is 0. The van der Waals surface area contributed by atoms with E-state index in [-0.39, 0.29) is 0 Å². The Hall–Kier alpha value is 0. The quantitative estimate of drug-likeness (QED) is 0.215. The number of fused-ring (bicyclic) bond motifs is 36. The van der Waals surface area contributed by atoms with Crippen LogP contribution in [0.4, 0.5) is 0 Å². The lowest BCUT2D eigenvalue weighted by Crippen LogP contribution is -2.37. The van der Waals surface area contributed by atoms with Gasteiger partial charge in [0.1, 0.15) is 0 Å². The zero-order chi connectivity index (χ0) is 39.8. The predicted molar refractivity (Wildman–Crippen MR) is 240 cm³/mol. The average molecular weight is 789 g/mol. The lowest BCUT2D eigenvalue weighted by molar-refractivity contribution is 0.0512. The van der Waals surface area contributed by atoms with Crippen LogP contribution in [0.5, 0.6) is 0 Å². The van der Waals surface area contributed by atoms with Crippen molar-refractivity contribution >= 4 is 0 Å². The second-order valence-corrected chi connectivity index (χ2v) is 30.4. The molecular weight excluding hydrogens is 697 g/mol. The Morgan fingerprint density at radius 2 is 0.517 bits per heavy atom. The first-order valence-corrected chi connectivity index (χ1v) is 27.4. The van der Waals surface area contributed by atoms with Crippen LogP contribution < -0.4 is 0 Å². The highest BCUT2D eigenvalue weighted by Crippen LogP contribution is 2.78. The summed E-state index contributed by atoms with van der Waals surface area (Å²) in [5, 5.41) is 0. The van der Waals surface area contributed by atoms with E-state index in [1.807, 2.05) is 0 Å². The molecule has 324 valence electrons. The molecule has 16 aliphatic carbocycles. The fraction of sp³-hybridized carbons (Fsp3) is 1.00. The van der Waals surface area contributed by atoms with Gasteiger partial charge in [-0.3, -0.25) is 0 Å². The smallest absolute Gasteiger partial charge is 0.0275 e. The van der Waals surface area contributed by atoms with Crippen molar-refractivity contribution in [3.63, 3.8) is 0 Å². The van der Waals surface area contributed by atoms with Gasteiger partial charge in [-0.25, -0.2) is 0 Å². The number of rotatable bonds is 0. The zero-order valence-electron chi connectivity index (χ0n) is 39.8. The molecule has 16 rings (SSSR count). The minimum atomic E-state index is 0.639. The maximum atomic E-state index is 2.59. The first-order valence-electron chi connectivity index (χ1n) is 27.4. The van der Waals surface area contributed by atoms with E-state index in [0.717, 1.165) is 71.0 Å². The van der Waals surface area contributed by atoms with Gasteiger partial charge in [0, 0.05) is 0 Å². The molecule has 0 radical (unpaired) electrons. The van der Waals surface area contributed by atoms with Crippen LogP contribution in [-0.2, 0) is 0 Å². The standard InChI is InChI=1S/C16H26.3C14H22/c1-15(2)8-11-12-9-5-6-10(7-9)13(12)14(15)16(11,3)4;3*1-14(2)7-10-6-11(14)13-9-4-3-8(5-9)12(10)13/h9-14H,5-8H2,1-4H3;3*8-13H,3-7H2,1-2H3. The molecular formula is C58H92. The minimum Gasteiger partial charge on any atom is -0.0596 e. The van der Waals surface area contributed by atoms with Crippen LogP contribution >= 0.6 is 0 Å². The minimum absolute atomic E-state index is 0.639. The number of hydrogen-bond acceptors (Lipinski definition) is 0. The molecule has 16 saturated carbocycles. The summed E-state index contributed by atoms with van der Waals surface area (Å²) < 4.78 is 0. The van der Waals surface area contributed by atoms with Gasteiger partial charge in [-0.2, -0.15) is 0 Å². The van der Waals surface area contributed by atoms with Gasteiger partial charge in [0.2, 0.25) is 0 Å². The van der Waals surface area contributed by atoms with Gasteiger partial charge < -0.3 is 0 Å². The summed E-state index contributed by atoms with van der Waals surface area (Å²) in [5.41, 5.74) is 3.41. The third kappa shape index (κ3) is 5.00. The molecule has 0 heteroatoms. The van der Waals surface area contributed by atoms with Crippen LogP contribution in [0.15, 0.2) is 0 Å². The van der Waals surface area contributed by atoms with Crippen LogP contribution in [0.25, 0.3) is 0 Å². The molecule has 24 atom stereocenters. The van der Waals surface area contributed by atoms with E-state index < -0.39 is 0 Å². The Morgan fingerprint density at radius 3 is 0.845 bits per heavy atom. The molecule has 0 amide bonds. The molecule has 0 aromatic rings. The highest BCUT2D eigenvalue weighted by molar-refractivity contribution is 5.20. The Labute approximate surface area is 358 Å². The van der Waals surface area contributed by atoms with E-state index in [1.54, 1.807) is 116 Å². The molecule has 24 unspecified atom stereocenters. The van der Waals surface area contributed by atoms with Crippen molar-refractivity contribution in [3.05, 3.63) is 0 Å². The largest absolute Gasteiger partial charge is 0.0596 e. The van der Waals surface area contributed by atoms with Gasteiger partial charge in [0.15, 0.2) is 0 Å². The van der Waals surface area contributed by atoms with Crippen molar-refractivity contribution in [2.24, 2.45) is 169 Å². The maximum Gasteiger partial charge on any atom is -0.0275 e. The molecule has 0 heterocycles. The Bertz CT molecular complexity index is 1520. The zero-order valence-corrected chi connectivity index (χ0v) is 39.8. The Morgan fingerprint density at radius 1 is 0.241 bits per heavy atom. The molecule has 0 nitrogen and oxygen atoms in total. The monoisotopic (exact) mass is 789 g/mol. The Balaban J connectivity index is 0.0000000806. The summed E-state index contributed by atoms with van der Waals surface area (Å²) in [6.07, 6.45) is 30.2. The number of hydrogen-bond donors (Lipinski definition) is 0. The third-order valence-electron chi connectivity index (χ3n) is 26.5. The molecule has 0 N–H and O–H groups in total. The van der Waals surface area contributed by atoms with Gasteiger partial charge in [-0.1, -0.05) is 69.2 Å². The van der Waals surface area contributed by atoms with Crippen molar-refractivity contribution < 1.29 is 0 Å². The summed E-state index contributed by atoms with van der Waals surface area (Å²) in [5.74, 6) is 27.6. The van der Waals surface area contributed by atoms with E-state index in [2.05, 4.69) is 69.2 Å². The van der Waals surface area contributed by atoms with Crippen molar-refractivity contribution in [1.29, 1.82) is 0 Å². The van der Waals surface area contributed by atoms with E-state index in [4.69, 9.17) is 0 Å². The van der Waals surface area contributed by atoms with Gasteiger partial charge in [-0.15, -0.1) is 0 Å². The Kier molecular flexibility index (Phi) is 8.10. The summed E-state index contributed by atoms with van der Waals surface area (Å²) in [6.45, 7) is 25.5. The average Bonchev–Trinajstić information content (AvgIpc) is 3.97. The van der Waals surface area contributed by atoms with Crippen molar-refractivity contribution in [1.82, 2.24) is 0 Å². The second kappa shape index (κ2) is 12.2. The summed E-state index contributed by atoms with van der Waals surface area (Å²) in [6, 6.07) is 0. The lowest BCUT2D eigenvalue weighted by Gasteiger charge is -2.43. The molecule has 16 aliphatic rings. The van der Waals surface area contributed by atoms with Crippen LogP contribution in [0.1, 0.15) is 191 Å². The van der Waals surface area contributed by atoms with Gasteiger partial charge in [-0.05, 0) is 291 Å². The van der Waals surface area contributed by atoms with E-state index in [9.17, 15) is 0 Å². The van der Waals surface area contributed by atoms with Crippen molar-refractivity contribution in [2.75, 3.05) is 0 Å². The molecule has 16 bridgehead atoms. The van der Waals surface area contributed by atoms with Crippen LogP contribution in [0, 0.1) is 169 Å². The molecule has 0 aromatic heterocycles. The van der Waals surface area contributed by atoms with Crippen LogP contribution in [-0.4, -0.2) is 0 Å². The summed E-state index contributed by atoms with van der Waals surface area (Å²) in [7, 11) is 0. The molecule has 0 saturated heterocycles. The first kappa shape index (κ1) is 38.5. The fourth-order valence-corrected chi connectivity index (χ4v) is 25.9. The lowest BCUT2D eigenvalue weighted by atomic mass is 9.62. The topological polar surface area (TPSA) is 0 Å². The van der Waals surface area contributed by atoms with Crippen LogP contribution in [0.2, 0.25) is 0 Å². The van der Waals surface area contributed by atoms with Gasteiger partial charge >= 0.3 is 0 Å². The van der Waals surface area contributed by atoms with Crippen molar-refractivity contribution in [3.8, 4) is 0 Å². The van der Waals surface area contributed by atoms with Gasteiger partial charge in [0.25, 0.3) is 0 Å². The van der Waals surface area contributed by atoms with E-state index >= 15 is 0 Å². The maximum absolute atomic E-state index is 2.59. The normalized spacial score (nSPS) is 61.3. The first-order chi connectivity index (χ1) is 27.4. The van der Waals surface area contributed by atoms with E-state index in [0.29, 0.717) is 27.1 Å². The highest BCUT2D eigenvalue weighted by atomic mass is 14.8. The van der Waals surface area contributed by atoms with Crippen LogP contribution in [0.3, 0.4) is 0 Å². The van der Waals surface area contributed by atoms with Crippen molar-refractivity contribution in [2.45, 2.75) is 191 Å². The fourth-order valence-electron chi connectivity index (χ4n) is 25.9. The molecule has 0 aromatic carbocycles. The third-order valence-corrected chi connectivity index (χ3v) is 26.5. The van der Waals surface area contributed by atoms with Gasteiger partial charge in [0.05, 0.1) is 0 Å². The second-order valence-electron chi connectivity index (χ2n) is 30.4. The summed E-state index contributed by atoms with van der Waals surface area (Å²) in [4.78, 5) is 0. The predicted octanol–water partition coefficient (Wildman–Crippen LogP) is 15.5. The molecule has 0 aliphatic heterocycles. The molecule has 0 spiro atoms. The molecule has 16 fully saturated rings. The molecule has 58 heavy (non-hydrogen) atoms. The highest BCUT2D eigenvalue weighted by Gasteiger charge is 2.72.